The second-order valence-electron chi connectivity index (χ2n) is 4.22. The minimum atomic E-state index is 0.415. The summed E-state index contributed by atoms with van der Waals surface area (Å²) in [6.07, 6.45) is 5.10. The highest BCUT2D eigenvalue weighted by Gasteiger charge is 2.08. The molecular formula is C14H14N4O2. The largest absolute Gasteiger partial charge is 0.497 e. The zero-order valence-corrected chi connectivity index (χ0v) is 11.0. The molecule has 6 heteroatoms. The van der Waals surface area contributed by atoms with Crippen molar-refractivity contribution in [1.82, 2.24) is 14.6 Å². The van der Waals surface area contributed by atoms with Crippen molar-refractivity contribution in [1.29, 1.82) is 0 Å². The van der Waals surface area contributed by atoms with Crippen LogP contribution in [0.2, 0.25) is 0 Å². The molecule has 2 heterocycles. The third-order valence-corrected chi connectivity index (χ3v) is 2.91. The first-order chi connectivity index (χ1) is 9.80. The number of nitrogens with zero attached hydrogens (tertiary/aromatic N) is 3. The molecule has 20 heavy (non-hydrogen) atoms. The van der Waals surface area contributed by atoms with Gasteiger partial charge in [-0.2, -0.15) is 5.10 Å². The SMILES string of the molecule is COc1cc(CN)cc(Oc2nccn3nccc23)c1. The van der Waals surface area contributed by atoms with E-state index in [1.165, 1.54) is 0 Å². The summed E-state index contributed by atoms with van der Waals surface area (Å²) in [7, 11) is 1.61. The lowest BCUT2D eigenvalue weighted by molar-refractivity contribution is 0.407. The first kappa shape index (κ1) is 12.4. The molecule has 3 rings (SSSR count). The zero-order chi connectivity index (χ0) is 13.9. The summed E-state index contributed by atoms with van der Waals surface area (Å²) >= 11 is 0. The van der Waals surface area contributed by atoms with Crippen molar-refractivity contribution < 1.29 is 9.47 Å². The van der Waals surface area contributed by atoms with Crippen LogP contribution in [0.15, 0.2) is 42.9 Å². The predicted octanol–water partition coefficient (Wildman–Crippen LogP) is 1.99. The second-order valence-corrected chi connectivity index (χ2v) is 4.22. The maximum atomic E-state index is 5.83. The van der Waals surface area contributed by atoms with Crippen LogP contribution in [-0.2, 0) is 6.54 Å². The van der Waals surface area contributed by atoms with Crippen LogP contribution in [0.1, 0.15) is 5.56 Å². The Labute approximate surface area is 115 Å². The summed E-state index contributed by atoms with van der Waals surface area (Å²) in [6, 6.07) is 7.37. The van der Waals surface area contributed by atoms with E-state index in [0.717, 1.165) is 11.1 Å². The van der Waals surface area contributed by atoms with Gasteiger partial charge < -0.3 is 15.2 Å². The van der Waals surface area contributed by atoms with Crippen molar-refractivity contribution in [3.05, 3.63) is 48.4 Å². The Morgan fingerprint density at radius 1 is 1.20 bits per heavy atom. The average molecular weight is 270 g/mol. The summed E-state index contributed by atoms with van der Waals surface area (Å²) in [4.78, 5) is 4.23. The molecule has 1 aromatic carbocycles. The van der Waals surface area contributed by atoms with Gasteiger partial charge in [-0.05, 0) is 23.8 Å². The Morgan fingerprint density at radius 3 is 2.85 bits per heavy atom. The van der Waals surface area contributed by atoms with Gasteiger partial charge in [0.25, 0.3) is 0 Å². The van der Waals surface area contributed by atoms with Crippen LogP contribution >= 0.6 is 0 Å². The van der Waals surface area contributed by atoms with Crippen molar-refractivity contribution in [3.63, 3.8) is 0 Å². The third kappa shape index (κ3) is 2.28. The molecule has 0 aliphatic carbocycles. The molecule has 2 aromatic heterocycles. The predicted molar refractivity (Wildman–Crippen MR) is 73.9 cm³/mol. The van der Waals surface area contributed by atoms with Crippen LogP contribution in [-0.4, -0.2) is 21.7 Å². The number of aromatic nitrogens is 3. The normalized spacial score (nSPS) is 10.7. The van der Waals surface area contributed by atoms with E-state index in [4.69, 9.17) is 15.2 Å². The summed E-state index contributed by atoms with van der Waals surface area (Å²) in [6.45, 7) is 0.415. The van der Waals surface area contributed by atoms with Gasteiger partial charge in [0.15, 0.2) is 0 Å². The molecule has 0 saturated heterocycles. The Kier molecular flexibility index (Phi) is 3.22. The number of fused-ring (bicyclic) bond motifs is 1. The maximum Gasteiger partial charge on any atom is 0.245 e. The van der Waals surface area contributed by atoms with E-state index in [9.17, 15) is 0 Å². The van der Waals surface area contributed by atoms with E-state index < -0.39 is 0 Å². The molecule has 0 radical (unpaired) electrons. The van der Waals surface area contributed by atoms with Gasteiger partial charge in [0.05, 0.1) is 13.3 Å². The maximum absolute atomic E-state index is 5.83. The summed E-state index contributed by atoms with van der Waals surface area (Å²) < 4.78 is 12.8. The average Bonchev–Trinajstić information content (AvgIpc) is 2.96. The van der Waals surface area contributed by atoms with Crippen LogP contribution in [0.3, 0.4) is 0 Å². The lowest BCUT2D eigenvalue weighted by atomic mass is 10.2. The molecule has 0 unspecified atom stereocenters. The quantitative estimate of drug-likeness (QED) is 0.784. The fourth-order valence-electron chi connectivity index (χ4n) is 1.95. The number of rotatable bonds is 4. The number of hydrogen-bond donors (Lipinski definition) is 1. The molecule has 0 aliphatic heterocycles. The monoisotopic (exact) mass is 270 g/mol. The van der Waals surface area contributed by atoms with E-state index in [2.05, 4.69) is 10.1 Å². The van der Waals surface area contributed by atoms with Gasteiger partial charge in [-0.25, -0.2) is 9.50 Å². The zero-order valence-electron chi connectivity index (χ0n) is 11.0. The lowest BCUT2D eigenvalue weighted by Crippen LogP contribution is -1.99. The van der Waals surface area contributed by atoms with Gasteiger partial charge in [0.1, 0.15) is 17.0 Å². The molecular weight excluding hydrogens is 256 g/mol. The fraction of sp³-hybridized carbons (Fsp3) is 0.143. The number of hydrogen-bond acceptors (Lipinski definition) is 5. The van der Waals surface area contributed by atoms with Crippen LogP contribution in [0.4, 0.5) is 0 Å². The molecule has 102 valence electrons. The van der Waals surface area contributed by atoms with Crippen LogP contribution in [0.25, 0.3) is 5.52 Å². The molecule has 0 aliphatic rings. The molecule has 0 spiro atoms. The molecule has 6 nitrogen and oxygen atoms in total. The minimum Gasteiger partial charge on any atom is -0.497 e. The highest BCUT2D eigenvalue weighted by atomic mass is 16.5. The molecule has 0 fully saturated rings. The number of benzene rings is 1. The van der Waals surface area contributed by atoms with Crippen molar-refractivity contribution in [2.45, 2.75) is 6.54 Å². The molecule has 0 bridgehead atoms. The van der Waals surface area contributed by atoms with Crippen LogP contribution < -0.4 is 15.2 Å². The number of nitrogens with two attached hydrogens (primary N) is 1. The standard InChI is InChI=1S/C14H14N4O2/c1-19-11-6-10(9-15)7-12(8-11)20-14-13-2-3-17-18(13)5-4-16-14/h2-8H,9,15H2,1H3. The van der Waals surface area contributed by atoms with Gasteiger partial charge in [-0.15, -0.1) is 0 Å². The van der Waals surface area contributed by atoms with Crippen molar-refractivity contribution >= 4 is 5.52 Å². The summed E-state index contributed by atoms with van der Waals surface area (Å²) in [5, 5.41) is 4.14. The van der Waals surface area contributed by atoms with Gasteiger partial charge in [-0.1, -0.05) is 0 Å². The van der Waals surface area contributed by atoms with E-state index in [-0.39, 0.29) is 0 Å². The van der Waals surface area contributed by atoms with Crippen LogP contribution in [0.5, 0.6) is 17.4 Å². The number of ether oxygens (including phenoxy) is 2. The Morgan fingerprint density at radius 2 is 2.05 bits per heavy atom. The van der Waals surface area contributed by atoms with Crippen LogP contribution in [0, 0.1) is 0 Å². The molecule has 3 aromatic rings. The molecule has 0 amide bonds. The molecule has 0 atom stereocenters. The topological polar surface area (TPSA) is 74.7 Å². The fourth-order valence-corrected chi connectivity index (χ4v) is 1.95. The minimum absolute atomic E-state index is 0.415. The van der Waals surface area contributed by atoms with E-state index >= 15 is 0 Å². The van der Waals surface area contributed by atoms with Gasteiger partial charge in [0, 0.05) is 25.0 Å². The van der Waals surface area contributed by atoms with Gasteiger partial charge >= 0.3 is 0 Å². The summed E-state index contributed by atoms with van der Waals surface area (Å²) in [5.74, 6) is 1.82. The third-order valence-electron chi connectivity index (χ3n) is 2.91. The van der Waals surface area contributed by atoms with Gasteiger partial charge in [-0.3, -0.25) is 0 Å². The first-order valence-corrected chi connectivity index (χ1v) is 6.14. The Hall–Kier alpha value is -2.60. The Balaban J connectivity index is 2.00. The molecule has 2 N–H and O–H groups in total. The smallest absolute Gasteiger partial charge is 0.245 e. The van der Waals surface area contributed by atoms with Crippen molar-refractivity contribution in [2.75, 3.05) is 7.11 Å². The highest BCUT2D eigenvalue weighted by molar-refractivity contribution is 5.56. The van der Waals surface area contributed by atoms with E-state index in [1.807, 2.05) is 18.2 Å². The van der Waals surface area contributed by atoms with Crippen molar-refractivity contribution in [2.24, 2.45) is 5.73 Å². The highest BCUT2D eigenvalue weighted by Crippen LogP contribution is 2.28. The lowest BCUT2D eigenvalue weighted by Gasteiger charge is -2.09. The van der Waals surface area contributed by atoms with E-state index in [0.29, 0.717) is 23.9 Å². The Bertz CT molecular complexity index is 717. The van der Waals surface area contributed by atoms with Crippen molar-refractivity contribution in [3.8, 4) is 17.4 Å². The second kappa shape index (κ2) is 5.18. The first-order valence-electron chi connectivity index (χ1n) is 6.14. The molecule has 0 saturated carbocycles. The van der Waals surface area contributed by atoms with Gasteiger partial charge in [0.2, 0.25) is 5.88 Å². The summed E-state index contributed by atoms with van der Waals surface area (Å²) in [5.41, 5.74) is 7.40. The number of methoxy groups -OCH3 is 1. The van der Waals surface area contributed by atoms with E-state index in [1.54, 1.807) is 36.3 Å².